The normalized spacial score (nSPS) is 38.5. The molecule has 1 heterocycles. The molecule has 1 aliphatic heterocycles. The summed E-state index contributed by atoms with van der Waals surface area (Å²) in [6.45, 7) is 3.84. The molecule has 1 saturated heterocycles. The van der Waals surface area contributed by atoms with E-state index in [1.165, 1.54) is 0 Å². The lowest BCUT2D eigenvalue weighted by Gasteiger charge is -2.29. The second kappa shape index (κ2) is 3.22. The van der Waals surface area contributed by atoms with Crippen molar-refractivity contribution in [3.05, 3.63) is 0 Å². The number of aliphatic carboxylic acids is 1. The van der Waals surface area contributed by atoms with Gasteiger partial charge in [0.15, 0.2) is 0 Å². The van der Waals surface area contributed by atoms with Gasteiger partial charge in [-0.05, 0) is 26.7 Å². The molecule has 3 atom stereocenters. The minimum Gasteiger partial charge on any atom is -0.481 e. The molecule has 11 heavy (non-hydrogen) atoms. The van der Waals surface area contributed by atoms with Crippen LogP contribution in [0.15, 0.2) is 0 Å². The lowest BCUT2D eigenvalue weighted by Crippen LogP contribution is -2.33. The van der Waals surface area contributed by atoms with Crippen LogP contribution in [0.1, 0.15) is 26.7 Å². The first-order valence-corrected chi connectivity index (χ1v) is 3.98. The van der Waals surface area contributed by atoms with Crippen LogP contribution in [0.4, 0.5) is 0 Å². The largest absolute Gasteiger partial charge is 0.481 e. The van der Waals surface area contributed by atoms with Crippen LogP contribution < -0.4 is 0 Å². The Hall–Kier alpha value is -0.570. The number of carboxylic acids is 1. The Bertz CT molecular complexity index is 145. The highest BCUT2D eigenvalue weighted by molar-refractivity contribution is 5.70. The van der Waals surface area contributed by atoms with Crippen LogP contribution in [-0.4, -0.2) is 23.3 Å². The first-order chi connectivity index (χ1) is 5.09. The fraction of sp³-hybridized carbons (Fsp3) is 0.875. The van der Waals surface area contributed by atoms with Gasteiger partial charge in [-0.25, -0.2) is 0 Å². The van der Waals surface area contributed by atoms with Crippen LogP contribution >= 0.6 is 0 Å². The van der Waals surface area contributed by atoms with Crippen LogP contribution in [0.25, 0.3) is 0 Å². The molecule has 0 aromatic rings. The van der Waals surface area contributed by atoms with E-state index in [2.05, 4.69) is 0 Å². The smallest absolute Gasteiger partial charge is 0.306 e. The molecule has 1 N–H and O–H groups in total. The van der Waals surface area contributed by atoms with Crippen molar-refractivity contribution in [3.8, 4) is 0 Å². The fourth-order valence-corrected chi connectivity index (χ4v) is 1.61. The van der Waals surface area contributed by atoms with Crippen molar-refractivity contribution in [1.82, 2.24) is 0 Å². The Balaban J connectivity index is 2.49. The van der Waals surface area contributed by atoms with Crippen LogP contribution in [0.2, 0.25) is 0 Å². The molecule has 0 spiro atoms. The third-order valence-electron chi connectivity index (χ3n) is 2.05. The summed E-state index contributed by atoms with van der Waals surface area (Å²) in [4.78, 5) is 10.6. The van der Waals surface area contributed by atoms with Gasteiger partial charge in [0.05, 0.1) is 18.1 Å². The molecule has 64 valence electrons. The minimum atomic E-state index is -0.688. The van der Waals surface area contributed by atoms with Gasteiger partial charge in [0.2, 0.25) is 0 Å². The van der Waals surface area contributed by atoms with Crippen LogP contribution in [0.3, 0.4) is 0 Å². The molecule has 3 nitrogen and oxygen atoms in total. The van der Waals surface area contributed by atoms with Gasteiger partial charge in [0.25, 0.3) is 0 Å². The van der Waals surface area contributed by atoms with E-state index in [4.69, 9.17) is 9.84 Å². The highest BCUT2D eigenvalue weighted by atomic mass is 16.5. The zero-order valence-corrected chi connectivity index (χ0v) is 6.91. The average Bonchev–Trinajstić information content (AvgIpc) is 1.85. The molecule has 0 bridgehead atoms. The molecule has 0 amide bonds. The minimum absolute atomic E-state index is 0.0971. The molecule has 0 unspecified atom stereocenters. The maximum atomic E-state index is 10.6. The highest BCUT2D eigenvalue weighted by Gasteiger charge is 2.28. The summed E-state index contributed by atoms with van der Waals surface area (Å²) < 4.78 is 5.40. The lowest BCUT2D eigenvalue weighted by atomic mass is 9.93. The summed E-state index contributed by atoms with van der Waals surface area (Å²) in [6, 6.07) is 0. The predicted molar refractivity (Wildman–Crippen MR) is 40.4 cm³/mol. The highest BCUT2D eigenvalue weighted by Crippen LogP contribution is 2.24. The van der Waals surface area contributed by atoms with Gasteiger partial charge in [-0.3, -0.25) is 4.79 Å². The van der Waals surface area contributed by atoms with Crippen molar-refractivity contribution in [1.29, 1.82) is 0 Å². The summed E-state index contributed by atoms with van der Waals surface area (Å²) in [6.07, 6.45) is 1.50. The van der Waals surface area contributed by atoms with E-state index < -0.39 is 5.97 Å². The van der Waals surface area contributed by atoms with Crippen molar-refractivity contribution < 1.29 is 14.6 Å². The monoisotopic (exact) mass is 158 g/mol. The van der Waals surface area contributed by atoms with E-state index >= 15 is 0 Å². The molecule has 0 aromatic heterocycles. The fourth-order valence-electron chi connectivity index (χ4n) is 1.61. The van der Waals surface area contributed by atoms with Gasteiger partial charge in [-0.2, -0.15) is 0 Å². The Morgan fingerprint density at radius 3 is 2.18 bits per heavy atom. The first kappa shape index (κ1) is 8.53. The van der Waals surface area contributed by atoms with Crippen molar-refractivity contribution in [2.75, 3.05) is 0 Å². The zero-order chi connectivity index (χ0) is 8.43. The number of hydrogen-bond acceptors (Lipinski definition) is 2. The molecule has 1 fully saturated rings. The Morgan fingerprint density at radius 1 is 1.36 bits per heavy atom. The lowest BCUT2D eigenvalue weighted by molar-refractivity contribution is -0.149. The molecule has 0 aliphatic carbocycles. The van der Waals surface area contributed by atoms with Crippen molar-refractivity contribution in [2.45, 2.75) is 38.9 Å². The first-order valence-electron chi connectivity index (χ1n) is 3.98. The van der Waals surface area contributed by atoms with Crippen LogP contribution in [-0.2, 0) is 9.53 Å². The van der Waals surface area contributed by atoms with E-state index in [1.807, 2.05) is 13.8 Å². The van der Waals surface area contributed by atoms with E-state index in [0.717, 1.165) is 0 Å². The van der Waals surface area contributed by atoms with Crippen molar-refractivity contribution in [3.63, 3.8) is 0 Å². The Labute approximate surface area is 66.4 Å². The van der Waals surface area contributed by atoms with Crippen molar-refractivity contribution >= 4 is 5.97 Å². The molecule has 0 radical (unpaired) electrons. The van der Waals surface area contributed by atoms with Gasteiger partial charge < -0.3 is 9.84 Å². The van der Waals surface area contributed by atoms with Crippen LogP contribution in [0, 0.1) is 5.92 Å². The maximum Gasteiger partial charge on any atom is 0.306 e. The van der Waals surface area contributed by atoms with Gasteiger partial charge in [0, 0.05) is 0 Å². The number of rotatable bonds is 1. The molecule has 1 rings (SSSR count). The van der Waals surface area contributed by atoms with Gasteiger partial charge >= 0.3 is 5.97 Å². The SMILES string of the molecule is C[C@@H]1C[C@H](C(=O)O)C[C@H](C)O1. The standard InChI is InChI=1S/C8H14O3/c1-5-3-7(8(9)10)4-6(2)11-5/h5-7H,3-4H2,1-2H3,(H,9,10)/t5-,6+,7+. The second-order valence-electron chi connectivity index (χ2n) is 3.26. The maximum absolute atomic E-state index is 10.6. The summed E-state index contributed by atoms with van der Waals surface area (Å²) >= 11 is 0. The summed E-state index contributed by atoms with van der Waals surface area (Å²) in [5.74, 6) is -0.888. The quantitative estimate of drug-likeness (QED) is 0.625. The molecule has 0 aromatic carbocycles. The summed E-state index contributed by atoms with van der Waals surface area (Å²) in [7, 11) is 0. The number of ether oxygens (including phenoxy) is 1. The number of hydrogen-bond donors (Lipinski definition) is 1. The van der Waals surface area contributed by atoms with Crippen LogP contribution in [0.5, 0.6) is 0 Å². The van der Waals surface area contributed by atoms with E-state index in [-0.39, 0.29) is 18.1 Å². The summed E-state index contributed by atoms with van der Waals surface area (Å²) in [5, 5.41) is 8.72. The van der Waals surface area contributed by atoms with Crippen molar-refractivity contribution in [2.24, 2.45) is 5.92 Å². The summed E-state index contributed by atoms with van der Waals surface area (Å²) in [5.41, 5.74) is 0. The molecular formula is C8H14O3. The van der Waals surface area contributed by atoms with E-state index in [0.29, 0.717) is 12.8 Å². The number of carboxylic acid groups (broad SMARTS) is 1. The Kier molecular flexibility index (Phi) is 2.49. The predicted octanol–water partition coefficient (Wildman–Crippen LogP) is 1.27. The molecule has 1 aliphatic rings. The van der Waals surface area contributed by atoms with E-state index in [9.17, 15) is 4.79 Å². The molecule has 0 saturated carbocycles. The van der Waals surface area contributed by atoms with Gasteiger partial charge in [-0.1, -0.05) is 0 Å². The number of carbonyl (C=O) groups is 1. The van der Waals surface area contributed by atoms with E-state index in [1.54, 1.807) is 0 Å². The zero-order valence-electron chi connectivity index (χ0n) is 6.91. The third kappa shape index (κ3) is 2.19. The van der Waals surface area contributed by atoms with Gasteiger partial charge in [0.1, 0.15) is 0 Å². The average molecular weight is 158 g/mol. The molecule has 3 heteroatoms. The molecular weight excluding hydrogens is 144 g/mol. The third-order valence-corrected chi connectivity index (χ3v) is 2.05. The topological polar surface area (TPSA) is 46.5 Å². The Morgan fingerprint density at radius 2 is 1.82 bits per heavy atom. The van der Waals surface area contributed by atoms with Gasteiger partial charge in [-0.15, -0.1) is 0 Å². The second-order valence-corrected chi connectivity index (χ2v) is 3.26.